The van der Waals surface area contributed by atoms with E-state index in [1.807, 2.05) is 0 Å². The molecule has 1 aromatic carbocycles. The topological polar surface area (TPSA) is 0 Å². The van der Waals surface area contributed by atoms with Crippen molar-refractivity contribution in [3.8, 4) is 0 Å². The highest BCUT2D eigenvalue weighted by molar-refractivity contribution is 6.73. The fourth-order valence-corrected chi connectivity index (χ4v) is 5.14. The van der Waals surface area contributed by atoms with E-state index >= 15 is 0 Å². The predicted molar refractivity (Wildman–Crippen MR) is 64.5 cm³/mol. The van der Waals surface area contributed by atoms with Crippen molar-refractivity contribution >= 4 is 14.0 Å². The maximum absolute atomic E-state index is 2.34. The average Bonchev–Trinajstić information content (AvgIpc) is 2.18. The standard InChI is InChI=1S/C13H19Si/c1-2-7-11-14(12-8-3-1)13-9-5-4-6-10-13/h4-6,9-10H,1-3,7-8,11-12H2. The Hall–Kier alpha value is -0.563. The summed E-state index contributed by atoms with van der Waals surface area (Å²) in [5.41, 5.74) is 0. The lowest BCUT2D eigenvalue weighted by Gasteiger charge is -2.17. The van der Waals surface area contributed by atoms with E-state index in [1.165, 1.54) is 44.2 Å². The minimum atomic E-state index is -0.184. The van der Waals surface area contributed by atoms with Gasteiger partial charge >= 0.3 is 0 Å². The fraction of sp³-hybridized carbons (Fsp3) is 0.538. The molecular formula is C13H19Si. The van der Waals surface area contributed by atoms with E-state index in [4.69, 9.17) is 0 Å². The largest absolute Gasteiger partial charge is 0.0856 e. The van der Waals surface area contributed by atoms with Crippen molar-refractivity contribution in [3.63, 3.8) is 0 Å². The van der Waals surface area contributed by atoms with Gasteiger partial charge in [0.15, 0.2) is 0 Å². The van der Waals surface area contributed by atoms with Gasteiger partial charge in [-0.1, -0.05) is 79.7 Å². The van der Waals surface area contributed by atoms with Crippen LogP contribution in [0.3, 0.4) is 0 Å². The van der Waals surface area contributed by atoms with Gasteiger partial charge < -0.3 is 0 Å². The molecule has 0 amide bonds. The third-order valence-corrected chi connectivity index (χ3v) is 6.20. The van der Waals surface area contributed by atoms with Crippen LogP contribution in [-0.2, 0) is 0 Å². The molecule has 0 saturated carbocycles. The second kappa shape index (κ2) is 5.35. The average molecular weight is 203 g/mol. The van der Waals surface area contributed by atoms with Gasteiger partial charge in [0.25, 0.3) is 0 Å². The van der Waals surface area contributed by atoms with Crippen molar-refractivity contribution in [2.24, 2.45) is 0 Å². The molecule has 0 nitrogen and oxygen atoms in total. The Balaban J connectivity index is 2.01. The van der Waals surface area contributed by atoms with Crippen LogP contribution in [0.15, 0.2) is 30.3 Å². The van der Waals surface area contributed by atoms with Crippen molar-refractivity contribution in [1.29, 1.82) is 0 Å². The molecule has 0 spiro atoms. The van der Waals surface area contributed by atoms with Crippen molar-refractivity contribution in [1.82, 2.24) is 0 Å². The molecule has 1 fully saturated rings. The van der Waals surface area contributed by atoms with E-state index in [2.05, 4.69) is 30.3 Å². The Morgan fingerprint density at radius 1 is 0.714 bits per heavy atom. The summed E-state index contributed by atoms with van der Waals surface area (Å²) in [6.45, 7) is 0. The molecule has 1 heterocycles. The molecular weight excluding hydrogens is 184 g/mol. The first kappa shape index (κ1) is 9.97. The first-order valence-corrected chi connectivity index (χ1v) is 7.78. The lowest BCUT2D eigenvalue weighted by atomic mass is 10.2. The molecule has 0 unspecified atom stereocenters. The quantitative estimate of drug-likeness (QED) is 0.614. The summed E-state index contributed by atoms with van der Waals surface area (Å²) in [6.07, 6.45) is 7.37. The maximum atomic E-state index is 2.34. The van der Waals surface area contributed by atoms with Crippen LogP contribution in [0.4, 0.5) is 0 Å². The Morgan fingerprint density at radius 3 is 1.93 bits per heavy atom. The molecule has 0 aliphatic carbocycles. The van der Waals surface area contributed by atoms with Gasteiger partial charge in [-0.15, -0.1) is 0 Å². The highest BCUT2D eigenvalue weighted by Crippen LogP contribution is 2.17. The second-order valence-electron chi connectivity index (χ2n) is 4.24. The Kier molecular flexibility index (Phi) is 3.81. The summed E-state index contributed by atoms with van der Waals surface area (Å²) in [4.78, 5) is 0. The maximum Gasteiger partial charge on any atom is 0.0856 e. The molecule has 14 heavy (non-hydrogen) atoms. The van der Waals surface area contributed by atoms with Crippen LogP contribution >= 0.6 is 0 Å². The Labute approximate surface area is 89.0 Å². The molecule has 75 valence electrons. The van der Waals surface area contributed by atoms with E-state index in [0.29, 0.717) is 0 Å². The summed E-state index contributed by atoms with van der Waals surface area (Å²) in [5.74, 6) is 0. The molecule has 1 radical (unpaired) electrons. The zero-order valence-corrected chi connectivity index (χ0v) is 9.84. The SMILES string of the molecule is c1ccc([Si]2CCCCCCC2)cc1. The third-order valence-electron chi connectivity index (χ3n) is 3.14. The summed E-state index contributed by atoms with van der Waals surface area (Å²) >= 11 is 0. The second-order valence-corrected chi connectivity index (χ2v) is 7.02. The first-order chi connectivity index (χ1) is 6.97. The molecule has 1 heteroatoms. The van der Waals surface area contributed by atoms with Gasteiger partial charge in [-0.2, -0.15) is 0 Å². The van der Waals surface area contributed by atoms with Crippen LogP contribution < -0.4 is 5.19 Å². The molecule has 2 rings (SSSR count). The van der Waals surface area contributed by atoms with Crippen LogP contribution in [0, 0.1) is 0 Å². The fourth-order valence-electron chi connectivity index (χ4n) is 2.29. The summed E-state index contributed by atoms with van der Waals surface area (Å²) in [7, 11) is -0.184. The molecule has 1 saturated heterocycles. The minimum absolute atomic E-state index is 0.184. The summed E-state index contributed by atoms with van der Waals surface area (Å²) in [6, 6.07) is 14.2. The van der Waals surface area contributed by atoms with Crippen molar-refractivity contribution < 1.29 is 0 Å². The van der Waals surface area contributed by atoms with Gasteiger partial charge in [-0.3, -0.25) is 0 Å². The van der Waals surface area contributed by atoms with E-state index in [1.54, 1.807) is 5.19 Å². The molecule has 0 atom stereocenters. The monoisotopic (exact) mass is 203 g/mol. The molecule has 1 aliphatic rings. The zero-order chi connectivity index (χ0) is 9.64. The van der Waals surface area contributed by atoms with E-state index in [-0.39, 0.29) is 8.80 Å². The highest BCUT2D eigenvalue weighted by Gasteiger charge is 2.14. The van der Waals surface area contributed by atoms with Crippen molar-refractivity contribution in [2.45, 2.75) is 44.2 Å². The predicted octanol–water partition coefficient (Wildman–Crippen LogP) is 3.35. The van der Waals surface area contributed by atoms with Gasteiger partial charge in [0.2, 0.25) is 0 Å². The van der Waals surface area contributed by atoms with E-state index < -0.39 is 0 Å². The van der Waals surface area contributed by atoms with Crippen LogP contribution in [0.5, 0.6) is 0 Å². The Morgan fingerprint density at radius 2 is 1.29 bits per heavy atom. The minimum Gasteiger partial charge on any atom is -0.0633 e. The zero-order valence-electron chi connectivity index (χ0n) is 8.84. The van der Waals surface area contributed by atoms with Gasteiger partial charge in [-0.05, 0) is 0 Å². The number of hydrogen-bond acceptors (Lipinski definition) is 0. The van der Waals surface area contributed by atoms with Gasteiger partial charge in [0.1, 0.15) is 0 Å². The molecule has 1 aliphatic heterocycles. The third kappa shape index (κ3) is 2.71. The molecule has 1 aromatic rings. The van der Waals surface area contributed by atoms with E-state index in [9.17, 15) is 0 Å². The van der Waals surface area contributed by atoms with Crippen LogP contribution in [-0.4, -0.2) is 8.80 Å². The normalized spacial score (nSPS) is 20.0. The summed E-state index contributed by atoms with van der Waals surface area (Å²) in [5, 5.41) is 1.67. The number of hydrogen-bond donors (Lipinski definition) is 0. The van der Waals surface area contributed by atoms with Crippen molar-refractivity contribution in [3.05, 3.63) is 30.3 Å². The van der Waals surface area contributed by atoms with Gasteiger partial charge in [0, 0.05) is 0 Å². The smallest absolute Gasteiger partial charge is 0.0633 e. The molecule has 0 N–H and O–H groups in total. The van der Waals surface area contributed by atoms with Crippen LogP contribution in [0.25, 0.3) is 0 Å². The molecule has 0 aromatic heterocycles. The number of rotatable bonds is 1. The van der Waals surface area contributed by atoms with Gasteiger partial charge in [0.05, 0.1) is 8.80 Å². The summed E-state index contributed by atoms with van der Waals surface area (Å²) < 4.78 is 0. The van der Waals surface area contributed by atoms with E-state index in [0.717, 1.165) is 0 Å². The van der Waals surface area contributed by atoms with Gasteiger partial charge in [-0.25, -0.2) is 0 Å². The Bertz CT molecular complexity index is 247. The number of benzene rings is 1. The lowest BCUT2D eigenvalue weighted by Crippen LogP contribution is -2.29. The lowest BCUT2D eigenvalue weighted by molar-refractivity contribution is 0.637. The first-order valence-electron chi connectivity index (χ1n) is 5.87. The highest BCUT2D eigenvalue weighted by atomic mass is 28.3. The van der Waals surface area contributed by atoms with Crippen LogP contribution in [0.2, 0.25) is 12.1 Å². The van der Waals surface area contributed by atoms with Crippen LogP contribution in [0.1, 0.15) is 32.1 Å². The van der Waals surface area contributed by atoms with Crippen molar-refractivity contribution in [2.75, 3.05) is 0 Å². The molecule has 0 bridgehead atoms.